The summed E-state index contributed by atoms with van der Waals surface area (Å²) in [7, 11) is 0. The Balaban J connectivity index is 2.11. The van der Waals surface area contributed by atoms with Gasteiger partial charge in [0.05, 0.1) is 0 Å². The van der Waals surface area contributed by atoms with Crippen molar-refractivity contribution in [2.24, 2.45) is 11.7 Å². The van der Waals surface area contributed by atoms with Gasteiger partial charge in [-0.25, -0.2) is 0 Å². The Bertz CT molecular complexity index is 125. The summed E-state index contributed by atoms with van der Waals surface area (Å²) in [6, 6.07) is 0. The quantitative estimate of drug-likeness (QED) is 0.676. The van der Waals surface area contributed by atoms with Crippen LogP contribution in [0.5, 0.6) is 0 Å². The summed E-state index contributed by atoms with van der Waals surface area (Å²) in [4.78, 5) is 2.61. The zero-order valence-corrected chi connectivity index (χ0v) is 8.97. The van der Waals surface area contributed by atoms with Gasteiger partial charge in [0.1, 0.15) is 0 Å². The molecule has 0 saturated carbocycles. The average molecular weight is 184 g/mol. The zero-order valence-electron chi connectivity index (χ0n) is 8.97. The van der Waals surface area contributed by atoms with E-state index in [0.29, 0.717) is 0 Å². The molecular formula is C11H24N2. The molecule has 1 rings (SSSR count). The van der Waals surface area contributed by atoms with Gasteiger partial charge >= 0.3 is 0 Å². The van der Waals surface area contributed by atoms with E-state index in [2.05, 4.69) is 11.8 Å². The number of nitrogens with zero attached hydrogens (tertiary/aromatic N) is 1. The van der Waals surface area contributed by atoms with Crippen molar-refractivity contribution in [2.45, 2.75) is 39.0 Å². The molecule has 0 radical (unpaired) electrons. The molecule has 0 aromatic rings. The van der Waals surface area contributed by atoms with E-state index in [1.165, 1.54) is 51.7 Å². The Morgan fingerprint density at radius 3 is 2.85 bits per heavy atom. The summed E-state index contributed by atoms with van der Waals surface area (Å²) < 4.78 is 0. The first kappa shape index (κ1) is 11.0. The molecule has 0 aromatic carbocycles. The maximum atomic E-state index is 5.48. The van der Waals surface area contributed by atoms with Gasteiger partial charge in [-0.05, 0) is 64.2 Å². The largest absolute Gasteiger partial charge is 0.330 e. The molecule has 2 N–H and O–H groups in total. The lowest BCUT2D eigenvalue weighted by molar-refractivity contribution is 0.276. The molecule has 0 spiro atoms. The minimum atomic E-state index is 0.851. The van der Waals surface area contributed by atoms with Crippen LogP contribution in [0.15, 0.2) is 0 Å². The number of rotatable bonds is 4. The van der Waals surface area contributed by atoms with E-state index in [4.69, 9.17) is 5.73 Å². The number of unbranched alkanes of at least 4 members (excludes halogenated alkanes) is 1. The van der Waals surface area contributed by atoms with Gasteiger partial charge in [0.25, 0.3) is 0 Å². The third-order valence-corrected chi connectivity index (χ3v) is 3.04. The monoisotopic (exact) mass is 184 g/mol. The predicted molar refractivity (Wildman–Crippen MR) is 57.7 cm³/mol. The highest BCUT2D eigenvalue weighted by atomic mass is 15.1. The van der Waals surface area contributed by atoms with Crippen molar-refractivity contribution in [3.8, 4) is 0 Å². The van der Waals surface area contributed by atoms with Crippen LogP contribution in [0, 0.1) is 5.92 Å². The van der Waals surface area contributed by atoms with E-state index in [1.807, 2.05) is 0 Å². The summed E-state index contributed by atoms with van der Waals surface area (Å²) in [6.45, 7) is 7.12. The summed E-state index contributed by atoms with van der Waals surface area (Å²) in [5.74, 6) is 0.944. The summed E-state index contributed by atoms with van der Waals surface area (Å²) in [6.07, 6.45) is 6.68. The van der Waals surface area contributed by atoms with Crippen molar-refractivity contribution < 1.29 is 0 Å². The molecule has 1 atom stereocenters. The van der Waals surface area contributed by atoms with Crippen molar-refractivity contribution in [1.82, 2.24) is 4.90 Å². The van der Waals surface area contributed by atoms with Crippen LogP contribution < -0.4 is 5.73 Å². The van der Waals surface area contributed by atoms with Crippen LogP contribution in [0.2, 0.25) is 0 Å². The van der Waals surface area contributed by atoms with Gasteiger partial charge in [-0.3, -0.25) is 0 Å². The molecule has 1 aliphatic heterocycles. The van der Waals surface area contributed by atoms with Crippen molar-refractivity contribution in [1.29, 1.82) is 0 Å². The molecule has 1 heterocycles. The maximum Gasteiger partial charge on any atom is -0.00162 e. The van der Waals surface area contributed by atoms with Crippen molar-refractivity contribution >= 4 is 0 Å². The lowest BCUT2D eigenvalue weighted by atomic mass is 10.0. The molecule has 13 heavy (non-hydrogen) atoms. The fraction of sp³-hybridized carbons (Fsp3) is 1.00. The van der Waals surface area contributed by atoms with E-state index in [1.54, 1.807) is 0 Å². The van der Waals surface area contributed by atoms with Crippen LogP contribution in [-0.2, 0) is 0 Å². The standard InChI is InChI=1S/C11H24N2/c1-11-5-4-9-13(10-6-11)8-3-2-7-12/h11H,2-10,12H2,1H3. The smallest absolute Gasteiger partial charge is 0.00162 e. The molecular weight excluding hydrogens is 160 g/mol. The van der Waals surface area contributed by atoms with Crippen LogP contribution in [0.4, 0.5) is 0 Å². The summed E-state index contributed by atoms with van der Waals surface area (Å²) >= 11 is 0. The van der Waals surface area contributed by atoms with Crippen molar-refractivity contribution in [3.63, 3.8) is 0 Å². The SMILES string of the molecule is CC1CCCN(CCCCN)CC1. The highest BCUT2D eigenvalue weighted by molar-refractivity contribution is 4.67. The Kier molecular flexibility index (Phi) is 5.40. The molecule has 1 fully saturated rings. The maximum absolute atomic E-state index is 5.48. The Hall–Kier alpha value is -0.0800. The normalized spacial score (nSPS) is 25.8. The van der Waals surface area contributed by atoms with Crippen LogP contribution in [0.3, 0.4) is 0 Å². The van der Waals surface area contributed by atoms with Crippen LogP contribution in [-0.4, -0.2) is 31.1 Å². The number of hydrogen-bond acceptors (Lipinski definition) is 2. The molecule has 2 nitrogen and oxygen atoms in total. The third-order valence-electron chi connectivity index (χ3n) is 3.04. The van der Waals surface area contributed by atoms with Gasteiger partial charge in [0, 0.05) is 0 Å². The first-order valence-corrected chi connectivity index (χ1v) is 5.75. The van der Waals surface area contributed by atoms with E-state index >= 15 is 0 Å². The molecule has 2 heteroatoms. The van der Waals surface area contributed by atoms with E-state index < -0.39 is 0 Å². The van der Waals surface area contributed by atoms with Gasteiger partial charge in [0.2, 0.25) is 0 Å². The Morgan fingerprint density at radius 2 is 2.08 bits per heavy atom. The second-order valence-corrected chi connectivity index (χ2v) is 4.37. The van der Waals surface area contributed by atoms with Crippen LogP contribution in [0.1, 0.15) is 39.0 Å². The van der Waals surface area contributed by atoms with E-state index in [0.717, 1.165) is 12.5 Å². The minimum Gasteiger partial charge on any atom is -0.330 e. The van der Waals surface area contributed by atoms with Crippen molar-refractivity contribution in [3.05, 3.63) is 0 Å². The molecule has 1 saturated heterocycles. The lowest BCUT2D eigenvalue weighted by Gasteiger charge is -2.19. The van der Waals surface area contributed by atoms with Crippen molar-refractivity contribution in [2.75, 3.05) is 26.2 Å². The first-order chi connectivity index (χ1) is 6.33. The Morgan fingerprint density at radius 1 is 1.23 bits per heavy atom. The zero-order chi connectivity index (χ0) is 9.52. The summed E-state index contributed by atoms with van der Waals surface area (Å²) in [5, 5.41) is 0. The second-order valence-electron chi connectivity index (χ2n) is 4.37. The first-order valence-electron chi connectivity index (χ1n) is 5.75. The predicted octanol–water partition coefficient (Wildman–Crippen LogP) is 1.85. The third kappa shape index (κ3) is 4.63. The molecule has 0 amide bonds. The molecule has 78 valence electrons. The lowest BCUT2D eigenvalue weighted by Crippen LogP contribution is -2.26. The number of nitrogens with two attached hydrogens (primary N) is 1. The molecule has 0 bridgehead atoms. The minimum absolute atomic E-state index is 0.851. The fourth-order valence-electron chi connectivity index (χ4n) is 2.03. The molecule has 1 unspecified atom stereocenters. The van der Waals surface area contributed by atoms with Gasteiger partial charge < -0.3 is 10.6 Å². The van der Waals surface area contributed by atoms with Gasteiger partial charge in [-0.15, -0.1) is 0 Å². The fourth-order valence-corrected chi connectivity index (χ4v) is 2.03. The topological polar surface area (TPSA) is 29.3 Å². The van der Waals surface area contributed by atoms with Crippen LogP contribution in [0.25, 0.3) is 0 Å². The molecule has 0 aromatic heterocycles. The highest BCUT2D eigenvalue weighted by Crippen LogP contribution is 2.16. The second kappa shape index (κ2) is 6.39. The average Bonchev–Trinajstić information content (AvgIpc) is 2.32. The van der Waals surface area contributed by atoms with Gasteiger partial charge in [-0.1, -0.05) is 6.92 Å². The van der Waals surface area contributed by atoms with E-state index in [-0.39, 0.29) is 0 Å². The Labute approximate surface area is 82.5 Å². The van der Waals surface area contributed by atoms with E-state index in [9.17, 15) is 0 Å². The molecule has 0 aliphatic carbocycles. The highest BCUT2D eigenvalue weighted by Gasteiger charge is 2.12. The molecule has 1 aliphatic rings. The van der Waals surface area contributed by atoms with Gasteiger partial charge in [-0.2, -0.15) is 0 Å². The van der Waals surface area contributed by atoms with Crippen LogP contribution >= 0.6 is 0 Å². The number of likely N-dealkylation sites (tertiary alicyclic amines) is 1. The number of hydrogen-bond donors (Lipinski definition) is 1. The summed E-state index contributed by atoms with van der Waals surface area (Å²) in [5.41, 5.74) is 5.48. The van der Waals surface area contributed by atoms with Gasteiger partial charge in [0.15, 0.2) is 0 Å².